The molecule has 0 saturated heterocycles. The van der Waals surface area contributed by atoms with Gasteiger partial charge in [0.25, 0.3) is 5.69 Å². The molecule has 0 aliphatic heterocycles. The minimum Gasteiger partial charge on any atom is -0.355 e. The standard InChI is InChI=1S/C19H18N4O4S/c1-20-28(26,27)17-10-11-18(19(13-17)23(24)25)22-16-9-5-8-15(12-16)21-14-6-3-2-4-7-14/h2-13,20-22H,1H3. The first kappa shape index (κ1) is 19.3. The van der Waals surface area contributed by atoms with Gasteiger partial charge in [-0.2, -0.15) is 0 Å². The molecule has 8 nitrogen and oxygen atoms in total. The summed E-state index contributed by atoms with van der Waals surface area (Å²) in [6.45, 7) is 0. The number of sulfonamides is 1. The van der Waals surface area contributed by atoms with Crippen LogP contribution in [-0.2, 0) is 10.0 Å². The van der Waals surface area contributed by atoms with Crippen molar-refractivity contribution in [1.29, 1.82) is 0 Å². The predicted molar refractivity (Wildman–Crippen MR) is 109 cm³/mol. The minimum atomic E-state index is -3.78. The Bertz CT molecular complexity index is 1100. The van der Waals surface area contributed by atoms with Crippen LogP contribution >= 0.6 is 0 Å². The Morgan fingerprint density at radius 3 is 2.11 bits per heavy atom. The van der Waals surface area contributed by atoms with E-state index in [0.717, 1.165) is 17.4 Å². The molecule has 0 atom stereocenters. The monoisotopic (exact) mass is 398 g/mol. The number of nitrogens with one attached hydrogen (secondary N) is 3. The number of nitro groups is 1. The molecular weight excluding hydrogens is 380 g/mol. The molecule has 0 aromatic heterocycles. The zero-order valence-corrected chi connectivity index (χ0v) is 15.7. The Balaban J connectivity index is 1.89. The summed E-state index contributed by atoms with van der Waals surface area (Å²) in [6, 6.07) is 20.5. The first-order chi connectivity index (χ1) is 13.4. The van der Waals surface area contributed by atoms with Crippen LogP contribution < -0.4 is 15.4 Å². The zero-order chi connectivity index (χ0) is 20.1. The number of rotatable bonds is 7. The first-order valence-corrected chi connectivity index (χ1v) is 9.78. The molecule has 0 radical (unpaired) electrons. The van der Waals surface area contributed by atoms with Gasteiger partial charge in [-0.1, -0.05) is 24.3 Å². The molecule has 0 bridgehead atoms. The summed E-state index contributed by atoms with van der Waals surface area (Å²) in [7, 11) is -2.53. The van der Waals surface area contributed by atoms with E-state index in [9.17, 15) is 18.5 Å². The highest BCUT2D eigenvalue weighted by atomic mass is 32.2. The van der Waals surface area contributed by atoms with Crippen molar-refractivity contribution >= 4 is 38.5 Å². The molecule has 0 aliphatic carbocycles. The van der Waals surface area contributed by atoms with Crippen molar-refractivity contribution in [3.8, 4) is 0 Å². The number of nitro benzene ring substituents is 1. The SMILES string of the molecule is CNS(=O)(=O)c1ccc(Nc2cccc(Nc3ccccc3)c2)c([N+](=O)[O-])c1. The number of anilines is 4. The number of para-hydroxylation sites is 1. The van der Waals surface area contributed by atoms with E-state index in [-0.39, 0.29) is 16.3 Å². The second-order valence-corrected chi connectivity index (χ2v) is 7.73. The average molecular weight is 398 g/mol. The predicted octanol–water partition coefficient (Wildman–Crippen LogP) is 3.99. The van der Waals surface area contributed by atoms with Gasteiger partial charge in [0.15, 0.2) is 0 Å². The van der Waals surface area contributed by atoms with Crippen LogP contribution in [0.25, 0.3) is 0 Å². The Labute approximate surface area is 162 Å². The highest BCUT2D eigenvalue weighted by Crippen LogP contribution is 2.31. The molecule has 3 aromatic carbocycles. The lowest BCUT2D eigenvalue weighted by Gasteiger charge is -2.11. The van der Waals surface area contributed by atoms with E-state index in [1.165, 1.54) is 19.2 Å². The van der Waals surface area contributed by atoms with E-state index in [0.29, 0.717) is 5.69 Å². The average Bonchev–Trinajstić information content (AvgIpc) is 2.69. The lowest BCUT2D eigenvalue weighted by atomic mass is 10.2. The molecule has 0 heterocycles. The smallest absolute Gasteiger partial charge is 0.294 e. The van der Waals surface area contributed by atoms with Gasteiger partial charge in [-0.25, -0.2) is 13.1 Å². The number of hydrogen-bond acceptors (Lipinski definition) is 6. The fourth-order valence-corrected chi connectivity index (χ4v) is 3.32. The Kier molecular flexibility index (Phi) is 5.57. The largest absolute Gasteiger partial charge is 0.355 e. The molecule has 3 rings (SSSR count). The van der Waals surface area contributed by atoms with Crippen molar-refractivity contribution in [2.45, 2.75) is 4.90 Å². The highest BCUT2D eigenvalue weighted by molar-refractivity contribution is 7.89. The molecule has 9 heteroatoms. The van der Waals surface area contributed by atoms with Crippen LogP contribution in [0.3, 0.4) is 0 Å². The normalized spacial score (nSPS) is 11.0. The van der Waals surface area contributed by atoms with E-state index >= 15 is 0 Å². The van der Waals surface area contributed by atoms with Gasteiger partial charge >= 0.3 is 0 Å². The van der Waals surface area contributed by atoms with E-state index in [2.05, 4.69) is 15.4 Å². The molecule has 0 unspecified atom stereocenters. The lowest BCUT2D eigenvalue weighted by Crippen LogP contribution is -2.18. The van der Waals surface area contributed by atoms with E-state index in [1.54, 1.807) is 18.2 Å². The van der Waals surface area contributed by atoms with Gasteiger partial charge in [-0.05, 0) is 49.5 Å². The molecule has 0 fully saturated rings. The molecular formula is C19H18N4O4S. The van der Waals surface area contributed by atoms with E-state index in [4.69, 9.17) is 0 Å². The summed E-state index contributed by atoms with van der Waals surface area (Å²) < 4.78 is 25.9. The summed E-state index contributed by atoms with van der Waals surface area (Å²) in [5.41, 5.74) is 2.18. The van der Waals surface area contributed by atoms with Crippen LogP contribution in [0.2, 0.25) is 0 Å². The molecule has 28 heavy (non-hydrogen) atoms. The summed E-state index contributed by atoms with van der Waals surface area (Å²) in [5.74, 6) is 0. The maximum Gasteiger partial charge on any atom is 0.294 e. The van der Waals surface area contributed by atoms with Crippen LogP contribution in [0.1, 0.15) is 0 Å². The first-order valence-electron chi connectivity index (χ1n) is 8.30. The number of nitrogens with zero attached hydrogens (tertiary/aromatic N) is 1. The quantitative estimate of drug-likeness (QED) is 0.410. The van der Waals surface area contributed by atoms with Crippen LogP contribution in [0.4, 0.5) is 28.4 Å². The topological polar surface area (TPSA) is 113 Å². The van der Waals surface area contributed by atoms with Crippen LogP contribution in [0.5, 0.6) is 0 Å². The summed E-state index contributed by atoms with van der Waals surface area (Å²) in [4.78, 5) is 10.6. The van der Waals surface area contributed by atoms with Crippen LogP contribution in [-0.4, -0.2) is 20.4 Å². The Morgan fingerprint density at radius 1 is 0.821 bits per heavy atom. The molecule has 0 amide bonds. The molecule has 3 N–H and O–H groups in total. The van der Waals surface area contributed by atoms with E-state index < -0.39 is 14.9 Å². The Hall–Kier alpha value is -3.43. The van der Waals surface area contributed by atoms with Crippen molar-refractivity contribution in [3.05, 3.63) is 82.9 Å². The van der Waals surface area contributed by atoms with Crippen molar-refractivity contribution in [2.75, 3.05) is 17.7 Å². The molecule has 0 spiro atoms. The van der Waals surface area contributed by atoms with Gasteiger partial charge in [0, 0.05) is 23.1 Å². The maximum absolute atomic E-state index is 11.9. The fraction of sp³-hybridized carbons (Fsp3) is 0.0526. The molecule has 0 aliphatic rings. The summed E-state index contributed by atoms with van der Waals surface area (Å²) >= 11 is 0. The van der Waals surface area contributed by atoms with Crippen molar-refractivity contribution in [2.24, 2.45) is 0 Å². The zero-order valence-electron chi connectivity index (χ0n) is 14.9. The van der Waals surface area contributed by atoms with Gasteiger partial charge in [-0.3, -0.25) is 10.1 Å². The minimum absolute atomic E-state index is 0.174. The maximum atomic E-state index is 11.9. The lowest BCUT2D eigenvalue weighted by molar-refractivity contribution is -0.384. The van der Waals surface area contributed by atoms with Gasteiger partial charge < -0.3 is 10.6 Å². The molecule has 144 valence electrons. The summed E-state index contributed by atoms with van der Waals surface area (Å²) in [6.07, 6.45) is 0. The third kappa shape index (κ3) is 4.45. The van der Waals surface area contributed by atoms with Crippen molar-refractivity contribution in [3.63, 3.8) is 0 Å². The fourth-order valence-electron chi connectivity index (χ4n) is 2.57. The Morgan fingerprint density at radius 2 is 1.46 bits per heavy atom. The number of hydrogen-bond donors (Lipinski definition) is 3. The highest BCUT2D eigenvalue weighted by Gasteiger charge is 2.20. The summed E-state index contributed by atoms with van der Waals surface area (Å²) in [5, 5.41) is 17.6. The van der Waals surface area contributed by atoms with Crippen molar-refractivity contribution < 1.29 is 13.3 Å². The van der Waals surface area contributed by atoms with Crippen LogP contribution in [0, 0.1) is 10.1 Å². The van der Waals surface area contributed by atoms with Crippen molar-refractivity contribution in [1.82, 2.24) is 4.72 Å². The molecule has 0 saturated carbocycles. The third-order valence-electron chi connectivity index (χ3n) is 3.95. The molecule has 3 aromatic rings. The second-order valence-electron chi connectivity index (χ2n) is 5.84. The second kappa shape index (κ2) is 8.07. The van der Waals surface area contributed by atoms with Gasteiger partial charge in [0.2, 0.25) is 10.0 Å². The third-order valence-corrected chi connectivity index (χ3v) is 5.36. The van der Waals surface area contributed by atoms with Gasteiger partial charge in [-0.15, -0.1) is 0 Å². The van der Waals surface area contributed by atoms with Gasteiger partial charge in [0.1, 0.15) is 5.69 Å². The van der Waals surface area contributed by atoms with Crippen LogP contribution in [0.15, 0.2) is 77.7 Å². The number of benzene rings is 3. The van der Waals surface area contributed by atoms with E-state index in [1.807, 2.05) is 36.4 Å². The van der Waals surface area contributed by atoms with Gasteiger partial charge in [0.05, 0.1) is 9.82 Å².